The zero-order valence-electron chi connectivity index (χ0n) is 12.3. The Hall–Kier alpha value is -1.55. The molecule has 2 rings (SSSR count). The molecule has 2 atom stereocenters. The molecule has 0 radical (unpaired) electrons. The van der Waals surface area contributed by atoms with Crippen molar-refractivity contribution in [3.63, 3.8) is 0 Å². The number of hydrogen-bond acceptors (Lipinski definition) is 2. The zero-order valence-corrected chi connectivity index (χ0v) is 12.3. The van der Waals surface area contributed by atoms with Gasteiger partial charge in [0.25, 0.3) is 0 Å². The van der Waals surface area contributed by atoms with E-state index in [1.54, 1.807) is 6.92 Å². The van der Waals surface area contributed by atoms with Gasteiger partial charge in [0.15, 0.2) is 0 Å². The van der Waals surface area contributed by atoms with Crippen molar-refractivity contribution in [2.45, 2.75) is 51.7 Å². The third-order valence-electron chi connectivity index (χ3n) is 4.00. The average Bonchev–Trinajstić information content (AvgIpc) is 2.47. The predicted octanol–water partition coefficient (Wildman–Crippen LogP) is 3.54. The van der Waals surface area contributed by atoms with Gasteiger partial charge in [-0.15, -0.1) is 0 Å². The van der Waals surface area contributed by atoms with Crippen LogP contribution in [0, 0.1) is 0 Å². The number of likely N-dealkylation sites (tertiary alicyclic amines) is 1. The molecule has 0 bridgehead atoms. The lowest BCUT2D eigenvalue weighted by Crippen LogP contribution is -2.45. The van der Waals surface area contributed by atoms with Crippen molar-refractivity contribution in [1.82, 2.24) is 4.90 Å². The first-order valence-electron chi connectivity index (χ1n) is 7.47. The number of amides is 2. The van der Waals surface area contributed by atoms with Gasteiger partial charge >= 0.3 is 6.03 Å². The molecule has 1 heterocycles. The Morgan fingerprint density at radius 2 is 2.10 bits per heavy atom. The molecule has 1 fully saturated rings. The Balaban J connectivity index is 1.99. The molecule has 0 spiro atoms. The molecule has 2 N–H and O–H groups in total. The smallest absolute Gasteiger partial charge is 0.322 e. The van der Waals surface area contributed by atoms with Crippen LogP contribution in [0.15, 0.2) is 24.3 Å². The summed E-state index contributed by atoms with van der Waals surface area (Å²) < 4.78 is 0. The van der Waals surface area contributed by atoms with Crippen molar-refractivity contribution >= 4 is 11.7 Å². The van der Waals surface area contributed by atoms with Crippen molar-refractivity contribution < 1.29 is 9.90 Å². The van der Waals surface area contributed by atoms with Crippen LogP contribution in [0.2, 0.25) is 0 Å². The molecule has 110 valence electrons. The fourth-order valence-corrected chi connectivity index (χ4v) is 2.73. The standard InChI is InChI=1S/C16H24N2O2/c1-3-15-6-4-5-11-18(15)16(20)17-14-9-7-13(8-10-14)12(2)19/h7-10,12,15,19H,3-6,11H2,1-2H3,(H,17,20). The molecule has 0 saturated carbocycles. The number of benzene rings is 1. The van der Waals surface area contributed by atoms with Gasteiger partial charge in [0.1, 0.15) is 0 Å². The molecule has 0 aliphatic carbocycles. The van der Waals surface area contributed by atoms with Gasteiger partial charge in [0.05, 0.1) is 6.10 Å². The normalized spacial score (nSPS) is 20.6. The number of carbonyl (C=O) groups is 1. The van der Waals surface area contributed by atoms with Crippen LogP contribution in [0.1, 0.15) is 51.2 Å². The number of nitrogens with one attached hydrogen (secondary N) is 1. The maximum Gasteiger partial charge on any atom is 0.322 e. The van der Waals surface area contributed by atoms with Crippen LogP contribution in [0.5, 0.6) is 0 Å². The summed E-state index contributed by atoms with van der Waals surface area (Å²) in [6, 6.07) is 7.71. The Morgan fingerprint density at radius 3 is 2.70 bits per heavy atom. The molecule has 4 heteroatoms. The summed E-state index contributed by atoms with van der Waals surface area (Å²) >= 11 is 0. The predicted molar refractivity (Wildman–Crippen MR) is 80.7 cm³/mol. The number of piperidine rings is 1. The highest BCUT2D eigenvalue weighted by molar-refractivity contribution is 5.89. The van der Waals surface area contributed by atoms with E-state index in [2.05, 4.69) is 12.2 Å². The van der Waals surface area contributed by atoms with Crippen molar-refractivity contribution in [2.75, 3.05) is 11.9 Å². The van der Waals surface area contributed by atoms with Gasteiger partial charge in [-0.25, -0.2) is 4.79 Å². The highest BCUT2D eigenvalue weighted by atomic mass is 16.3. The molecule has 1 aromatic rings. The first kappa shape index (κ1) is 14.9. The molecule has 1 saturated heterocycles. The van der Waals surface area contributed by atoms with E-state index in [0.717, 1.165) is 37.1 Å². The molecule has 0 aromatic heterocycles. The summed E-state index contributed by atoms with van der Waals surface area (Å²) in [4.78, 5) is 14.3. The van der Waals surface area contributed by atoms with Gasteiger partial charge in [-0.1, -0.05) is 19.1 Å². The molecule has 2 amide bonds. The molecular weight excluding hydrogens is 252 g/mol. The summed E-state index contributed by atoms with van der Waals surface area (Å²) in [6.07, 6.45) is 3.93. The Bertz CT molecular complexity index is 442. The first-order chi connectivity index (χ1) is 9.61. The van der Waals surface area contributed by atoms with Gasteiger partial charge < -0.3 is 15.3 Å². The quantitative estimate of drug-likeness (QED) is 0.887. The summed E-state index contributed by atoms with van der Waals surface area (Å²) in [6.45, 7) is 4.71. The largest absolute Gasteiger partial charge is 0.389 e. The molecule has 4 nitrogen and oxygen atoms in total. The van der Waals surface area contributed by atoms with Gasteiger partial charge in [-0.3, -0.25) is 0 Å². The van der Waals surface area contributed by atoms with Crippen molar-refractivity contribution in [1.29, 1.82) is 0 Å². The highest BCUT2D eigenvalue weighted by Gasteiger charge is 2.25. The fraction of sp³-hybridized carbons (Fsp3) is 0.562. The Labute approximate surface area is 120 Å². The van der Waals surface area contributed by atoms with Gasteiger partial charge in [0, 0.05) is 18.3 Å². The van der Waals surface area contributed by atoms with E-state index < -0.39 is 6.10 Å². The number of carbonyl (C=O) groups excluding carboxylic acids is 1. The summed E-state index contributed by atoms with van der Waals surface area (Å²) in [7, 11) is 0. The lowest BCUT2D eigenvalue weighted by atomic mass is 10.0. The third-order valence-corrected chi connectivity index (χ3v) is 4.00. The zero-order chi connectivity index (χ0) is 14.5. The molecular formula is C16H24N2O2. The van der Waals surface area contributed by atoms with E-state index >= 15 is 0 Å². The van der Waals surface area contributed by atoms with E-state index in [-0.39, 0.29) is 6.03 Å². The van der Waals surface area contributed by atoms with E-state index in [1.807, 2.05) is 29.2 Å². The minimum atomic E-state index is -0.480. The topological polar surface area (TPSA) is 52.6 Å². The minimum absolute atomic E-state index is 0.0126. The molecule has 20 heavy (non-hydrogen) atoms. The van der Waals surface area contributed by atoms with E-state index in [9.17, 15) is 9.90 Å². The average molecular weight is 276 g/mol. The Kier molecular flexibility index (Phi) is 5.01. The highest BCUT2D eigenvalue weighted by Crippen LogP contribution is 2.21. The van der Waals surface area contributed by atoms with Gasteiger partial charge in [0.2, 0.25) is 0 Å². The molecule has 1 aliphatic heterocycles. The minimum Gasteiger partial charge on any atom is -0.389 e. The van der Waals surface area contributed by atoms with E-state index in [0.29, 0.717) is 6.04 Å². The monoisotopic (exact) mass is 276 g/mol. The van der Waals surface area contributed by atoms with E-state index in [1.165, 1.54) is 6.42 Å². The van der Waals surface area contributed by atoms with Crippen molar-refractivity contribution in [3.8, 4) is 0 Å². The van der Waals surface area contributed by atoms with Gasteiger partial charge in [-0.2, -0.15) is 0 Å². The van der Waals surface area contributed by atoms with Crippen LogP contribution in [-0.2, 0) is 0 Å². The summed E-state index contributed by atoms with van der Waals surface area (Å²) in [5.41, 5.74) is 1.63. The number of hydrogen-bond donors (Lipinski definition) is 2. The summed E-state index contributed by atoms with van der Waals surface area (Å²) in [5.74, 6) is 0. The fourth-order valence-electron chi connectivity index (χ4n) is 2.73. The van der Waals surface area contributed by atoms with Crippen molar-refractivity contribution in [3.05, 3.63) is 29.8 Å². The van der Waals surface area contributed by atoms with E-state index in [4.69, 9.17) is 0 Å². The maximum atomic E-state index is 12.3. The second-order valence-electron chi connectivity index (χ2n) is 5.48. The number of nitrogens with zero attached hydrogens (tertiary/aromatic N) is 1. The van der Waals surface area contributed by atoms with Crippen LogP contribution < -0.4 is 5.32 Å². The SMILES string of the molecule is CCC1CCCCN1C(=O)Nc1ccc(C(C)O)cc1. The number of anilines is 1. The molecule has 2 unspecified atom stereocenters. The lowest BCUT2D eigenvalue weighted by molar-refractivity contribution is 0.160. The second-order valence-corrected chi connectivity index (χ2v) is 5.48. The van der Waals surface area contributed by atoms with Crippen LogP contribution in [0.4, 0.5) is 10.5 Å². The maximum absolute atomic E-state index is 12.3. The second kappa shape index (κ2) is 6.75. The number of urea groups is 1. The summed E-state index contributed by atoms with van der Waals surface area (Å²) in [5, 5.41) is 12.4. The lowest BCUT2D eigenvalue weighted by Gasteiger charge is -2.35. The van der Waals surface area contributed by atoms with Crippen LogP contribution >= 0.6 is 0 Å². The number of rotatable bonds is 3. The first-order valence-corrected chi connectivity index (χ1v) is 7.47. The number of aliphatic hydroxyl groups excluding tert-OH is 1. The molecule has 1 aromatic carbocycles. The van der Waals surface area contributed by atoms with Crippen LogP contribution in [-0.4, -0.2) is 28.6 Å². The van der Waals surface area contributed by atoms with Gasteiger partial charge in [-0.05, 0) is 50.3 Å². The molecule has 1 aliphatic rings. The van der Waals surface area contributed by atoms with Crippen LogP contribution in [0.25, 0.3) is 0 Å². The number of aliphatic hydroxyl groups is 1. The van der Waals surface area contributed by atoms with Crippen LogP contribution in [0.3, 0.4) is 0 Å². The Morgan fingerprint density at radius 1 is 1.40 bits per heavy atom. The third kappa shape index (κ3) is 3.51. The van der Waals surface area contributed by atoms with Crippen molar-refractivity contribution in [2.24, 2.45) is 0 Å².